The molecule has 0 saturated carbocycles. The molecule has 0 unspecified atom stereocenters. The molecule has 3 aromatic rings. The molecule has 1 N–H and O–H groups in total. The number of aromatic nitrogens is 1. The lowest BCUT2D eigenvalue weighted by Crippen LogP contribution is -2.51. The third-order valence-electron chi connectivity index (χ3n) is 5.26. The van der Waals surface area contributed by atoms with Crippen LogP contribution in [-0.2, 0) is 6.54 Å². The van der Waals surface area contributed by atoms with E-state index in [-0.39, 0.29) is 6.03 Å². The Bertz CT molecular complexity index is 1040. The molecule has 158 valence electrons. The van der Waals surface area contributed by atoms with Crippen LogP contribution in [0.5, 0.6) is 11.5 Å². The fraction of sp³-hybridized carbons (Fsp3) is 0.364. The Kier molecular flexibility index (Phi) is 5.94. The molecule has 8 heteroatoms. The number of fused-ring (bicyclic) bond motifs is 1. The quantitative estimate of drug-likeness (QED) is 0.675. The van der Waals surface area contributed by atoms with Gasteiger partial charge in [0.25, 0.3) is 0 Å². The average Bonchev–Trinajstić information content (AvgIpc) is 3.20. The first kappa shape index (κ1) is 20.3. The van der Waals surface area contributed by atoms with Crippen LogP contribution in [-0.4, -0.2) is 56.3 Å². The van der Waals surface area contributed by atoms with Gasteiger partial charge in [0.2, 0.25) is 0 Å². The van der Waals surface area contributed by atoms with Crippen LogP contribution in [0.15, 0.2) is 36.4 Å². The Morgan fingerprint density at radius 1 is 1.07 bits per heavy atom. The van der Waals surface area contributed by atoms with Crippen molar-refractivity contribution in [3.05, 3.63) is 47.5 Å². The van der Waals surface area contributed by atoms with Gasteiger partial charge in [0.1, 0.15) is 0 Å². The van der Waals surface area contributed by atoms with E-state index in [0.717, 1.165) is 29.3 Å². The van der Waals surface area contributed by atoms with Gasteiger partial charge in [-0.15, -0.1) is 0 Å². The molecule has 7 nitrogen and oxygen atoms in total. The highest BCUT2D eigenvalue weighted by atomic mass is 32.1. The van der Waals surface area contributed by atoms with Crippen LogP contribution in [0.3, 0.4) is 0 Å². The van der Waals surface area contributed by atoms with Crippen LogP contribution in [0.4, 0.5) is 9.93 Å². The maximum atomic E-state index is 12.6. The molecule has 2 heterocycles. The van der Waals surface area contributed by atoms with Crippen LogP contribution < -0.4 is 19.7 Å². The summed E-state index contributed by atoms with van der Waals surface area (Å²) in [5, 5.41) is 4.03. The van der Waals surface area contributed by atoms with Crippen LogP contribution in [0, 0.1) is 6.92 Å². The lowest BCUT2D eigenvalue weighted by Gasteiger charge is -2.34. The molecule has 30 heavy (non-hydrogen) atoms. The molecule has 1 fully saturated rings. The zero-order valence-corrected chi connectivity index (χ0v) is 18.3. The van der Waals surface area contributed by atoms with Gasteiger partial charge < -0.3 is 24.6 Å². The number of piperazine rings is 1. The molecular formula is C22H26N4O3S. The van der Waals surface area contributed by atoms with Crippen molar-refractivity contribution in [1.29, 1.82) is 0 Å². The number of rotatable bonds is 5. The van der Waals surface area contributed by atoms with Gasteiger partial charge in [-0.25, -0.2) is 9.78 Å². The smallest absolute Gasteiger partial charge is 0.317 e. The number of hydrogen-bond donors (Lipinski definition) is 1. The van der Waals surface area contributed by atoms with E-state index in [0.29, 0.717) is 31.1 Å². The van der Waals surface area contributed by atoms with Crippen molar-refractivity contribution in [2.75, 3.05) is 45.3 Å². The molecule has 1 saturated heterocycles. The number of methoxy groups -OCH3 is 2. The van der Waals surface area contributed by atoms with E-state index in [2.05, 4.69) is 35.3 Å². The molecule has 2 aromatic carbocycles. The zero-order chi connectivity index (χ0) is 21.1. The van der Waals surface area contributed by atoms with Gasteiger partial charge in [-0.1, -0.05) is 23.5 Å². The summed E-state index contributed by atoms with van der Waals surface area (Å²) >= 11 is 1.72. The summed E-state index contributed by atoms with van der Waals surface area (Å²) in [6.07, 6.45) is 0. The molecular weight excluding hydrogens is 400 g/mol. The van der Waals surface area contributed by atoms with Gasteiger partial charge in [0.05, 0.1) is 24.4 Å². The summed E-state index contributed by atoms with van der Waals surface area (Å²) in [7, 11) is 3.21. The molecule has 0 radical (unpaired) electrons. The summed E-state index contributed by atoms with van der Waals surface area (Å²) in [6, 6.07) is 11.9. The third kappa shape index (κ3) is 4.28. The number of thiazole rings is 1. The maximum absolute atomic E-state index is 12.6. The normalized spacial score (nSPS) is 14.1. The van der Waals surface area contributed by atoms with E-state index in [4.69, 9.17) is 14.5 Å². The second-order valence-corrected chi connectivity index (χ2v) is 8.30. The Morgan fingerprint density at radius 3 is 2.57 bits per heavy atom. The first-order valence-electron chi connectivity index (χ1n) is 9.93. The van der Waals surface area contributed by atoms with E-state index >= 15 is 0 Å². The van der Waals surface area contributed by atoms with E-state index in [1.54, 1.807) is 25.6 Å². The highest BCUT2D eigenvalue weighted by Gasteiger charge is 2.23. The number of amides is 2. The van der Waals surface area contributed by atoms with Gasteiger partial charge in [0.15, 0.2) is 16.6 Å². The fourth-order valence-electron chi connectivity index (χ4n) is 3.54. The molecule has 2 amide bonds. The van der Waals surface area contributed by atoms with Gasteiger partial charge in [-0.3, -0.25) is 0 Å². The van der Waals surface area contributed by atoms with E-state index < -0.39 is 0 Å². The number of aryl methyl sites for hydroxylation is 1. The lowest BCUT2D eigenvalue weighted by atomic mass is 10.2. The van der Waals surface area contributed by atoms with Gasteiger partial charge in [-0.2, -0.15) is 0 Å². The first-order valence-corrected chi connectivity index (χ1v) is 10.7. The predicted molar refractivity (Wildman–Crippen MR) is 120 cm³/mol. The average molecular weight is 427 g/mol. The van der Waals surface area contributed by atoms with E-state index in [1.807, 2.05) is 23.1 Å². The zero-order valence-electron chi connectivity index (χ0n) is 17.5. The standard InChI is InChI=1S/C22H26N4O3S/c1-15-4-6-17-20(12-15)30-22(24-17)26-10-8-25(9-11-26)21(27)23-14-16-5-7-18(28-2)19(13-16)29-3/h4-7,12-13H,8-11,14H2,1-3H3,(H,23,27). The minimum atomic E-state index is -0.0515. The third-order valence-corrected chi connectivity index (χ3v) is 6.34. The van der Waals surface area contributed by atoms with Crippen molar-refractivity contribution < 1.29 is 14.3 Å². The summed E-state index contributed by atoms with van der Waals surface area (Å²) < 4.78 is 11.8. The molecule has 0 aliphatic carbocycles. The van der Waals surface area contributed by atoms with Crippen molar-refractivity contribution >= 4 is 32.7 Å². The van der Waals surface area contributed by atoms with Crippen LogP contribution >= 0.6 is 11.3 Å². The highest BCUT2D eigenvalue weighted by molar-refractivity contribution is 7.22. The molecule has 1 aliphatic heterocycles. The van der Waals surface area contributed by atoms with Crippen molar-refractivity contribution in [2.24, 2.45) is 0 Å². The van der Waals surface area contributed by atoms with Crippen molar-refractivity contribution in [3.8, 4) is 11.5 Å². The lowest BCUT2D eigenvalue weighted by molar-refractivity contribution is 0.194. The summed E-state index contributed by atoms with van der Waals surface area (Å²) in [5.41, 5.74) is 3.24. The monoisotopic (exact) mass is 426 g/mol. The second-order valence-electron chi connectivity index (χ2n) is 7.29. The minimum Gasteiger partial charge on any atom is -0.493 e. The number of benzene rings is 2. The molecule has 0 bridgehead atoms. The van der Waals surface area contributed by atoms with Crippen LogP contribution in [0.25, 0.3) is 10.2 Å². The fourth-order valence-corrected chi connectivity index (χ4v) is 4.65. The number of anilines is 1. The number of carbonyl (C=O) groups is 1. The predicted octanol–water partition coefficient (Wildman–Crippen LogP) is 3.65. The largest absolute Gasteiger partial charge is 0.493 e. The van der Waals surface area contributed by atoms with Crippen LogP contribution in [0.2, 0.25) is 0 Å². The second kappa shape index (κ2) is 8.79. The number of ether oxygens (including phenoxy) is 2. The van der Waals surface area contributed by atoms with E-state index in [9.17, 15) is 4.79 Å². The van der Waals surface area contributed by atoms with Crippen molar-refractivity contribution in [2.45, 2.75) is 13.5 Å². The number of nitrogens with one attached hydrogen (secondary N) is 1. The molecule has 4 rings (SSSR count). The number of hydrogen-bond acceptors (Lipinski definition) is 6. The van der Waals surface area contributed by atoms with E-state index in [1.165, 1.54) is 10.3 Å². The molecule has 1 aliphatic rings. The van der Waals surface area contributed by atoms with Gasteiger partial charge >= 0.3 is 6.03 Å². The van der Waals surface area contributed by atoms with Crippen molar-refractivity contribution in [1.82, 2.24) is 15.2 Å². The summed E-state index contributed by atoms with van der Waals surface area (Å²) in [5.74, 6) is 1.33. The molecule has 0 atom stereocenters. The maximum Gasteiger partial charge on any atom is 0.317 e. The summed E-state index contributed by atoms with van der Waals surface area (Å²) in [6.45, 7) is 5.44. The minimum absolute atomic E-state index is 0.0515. The van der Waals surface area contributed by atoms with Gasteiger partial charge in [-0.05, 0) is 42.3 Å². The first-order chi connectivity index (χ1) is 14.6. The Morgan fingerprint density at radius 2 is 1.83 bits per heavy atom. The topological polar surface area (TPSA) is 66.9 Å². The van der Waals surface area contributed by atoms with Crippen LogP contribution in [0.1, 0.15) is 11.1 Å². The molecule has 1 aromatic heterocycles. The van der Waals surface area contributed by atoms with Crippen molar-refractivity contribution in [3.63, 3.8) is 0 Å². The summed E-state index contributed by atoms with van der Waals surface area (Å²) in [4.78, 5) is 21.5. The Balaban J connectivity index is 1.31. The highest BCUT2D eigenvalue weighted by Crippen LogP contribution is 2.30. The Hall–Kier alpha value is -3.00. The SMILES string of the molecule is COc1ccc(CNC(=O)N2CCN(c3nc4ccc(C)cc4s3)CC2)cc1OC. The molecule has 0 spiro atoms. The number of nitrogens with zero attached hydrogens (tertiary/aromatic N) is 3. The number of urea groups is 1. The van der Waals surface area contributed by atoms with Gasteiger partial charge in [0, 0.05) is 32.7 Å². The Labute approximate surface area is 180 Å². The number of carbonyl (C=O) groups excluding carboxylic acids is 1.